The molecule has 2 aromatic carbocycles. The van der Waals surface area contributed by atoms with Crippen LogP contribution in [0.1, 0.15) is 6.42 Å². The second-order valence-electron chi connectivity index (χ2n) is 6.72. The number of carbonyl (C=O) groups excluding carboxylic acids is 1. The minimum absolute atomic E-state index is 0.191. The van der Waals surface area contributed by atoms with Gasteiger partial charge in [0.2, 0.25) is 0 Å². The first-order valence-electron chi connectivity index (χ1n) is 9.72. The summed E-state index contributed by atoms with van der Waals surface area (Å²) in [4.78, 5) is 23.1. The lowest BCUT2D eigenvalue weighted by Crippen LogP contribution is -2.36. The highest BCUT2D eigenvalue weighted by Gasteiger charge is 2.21. The van der Waals surface area contributed by atoms with Crippen molar-refractivity contribution >= 4 is 32.6 Å². The topological polar surface area (TPSA) is 69.5 Å². The molecule has 0 spiro atoms. The van der Waals surface area contributed by atoms with Crippen molar-refractivity contribution in [1.29, 1.82) is 0 Å². The molecule has 0 saturated carbocycles. The lowest BCUT2D eigenvalue weighted by molar-refractivity contribution is -0.120. The maximum Gasteiger partial charge on any atom is 0.266 e. The number of ether oxygens (including phenoxy) is 2. The number of nitrogens with zero attached hydrogens (tertiary/aromatic N) is 4. The Labute approximate surface area is 182 Å². The molecule has 0 aliphatic heterocycles. The molecular formula is C22H21FN4O3S. The molecule has 160 valence electrons. The number of hydrogen-bond acceptors (Lipinski definition) is 6. The van der Waals surface area contributed by atoms with Crippen molar-refractivity contribution in [3.63, 3.8) is 0 Å². The van der Waals surface area contributed by atoms with Crippen LogP contribution in [0, 0.1) is 5.82 Å². The van der Waals surface area contributed by atoms with Gasteiger partial charge in [-0.3, -0.25) is 9.69 Å². The number of methoxy groups -OCH3 is 1. The van der Waals surface area contributed by atoms with E-state index in [4.69, 9.17) is 9.47 Å². The van der Waals surface area contributed by atoms with Crippen molar-refractivity contribution in [2.24, 2.45) is 0 Å². The maximum atomic E-state index is 14.1. The highest BCUT2D eigenvalue weighted by atomic mass is 32.1. The van der Waals surface area contributed by atoms with Gasteiger partial charge in [-0.25, -0.2) is 14.4 Å². The Morgan fingerprint density at radius 1 is 1.19 bits per heavy atom. The number of fused-ring (bicyclic) bond motifs is 1. The van der Waals surface area contributed by atoms with E-state index in [1.165, 1.54) is 17.4 Å². The van der Waals surface area contributed by atoms with E-state index >= 15 is 0 Å². The Balaban J connectivity index is 1.53. The number of aromatic nitrogens is 3. The average Bonchev–Trinajstić information content (AvgIpc) is 3.46. The van der Waals surface area contributed by atoms with Crippen LogP contribution < -0.4 is 14.4 Å². The van der Waals surface area contributed by atoms with E-state index in [0.29, 0.717) is 40.8 Å². The molecule has 0 saturated heterocycles. The first kappa shape index (κ1) is 20.8. The van der Waals surface area contributed by atoms with Gasteiger partial charge in [0, 0.05) is 25.5 Å². The van der Waals surface area contributed by atoms with Gasteiger partial charge in [0.15, 0.2) is 23.2 Å². The van der Waals surface area contributed by atoms with E-state index in [9.17, 15) is 9.18 Å². The molecular weight excluding hydrogens is 419 g/mol. The number of imidazole rings is 1. The van der Waals surface area contributed by atoms with Gasteiger partial charge >= 0.3 is 0 Å². The molecule has 0 radical (unpaired) electrons. The van der Waals surface area contributed by atoms with E-state index in [0.717, 1.165) is 0 Å². The number of carbonyl (C=O) groups is 1. The molecule has 9 heteroatoms. The van der Waals surface area contributed by atoms with Crippen molar-refractivity contribution in [2.45, 2.75) is 13.0 Å². The Kier molecular flexibility index (Phi) is 6.42. The van der Waals surface area contributed by atoms with E-state index in [1.54, 1.807) is 48.8 Å². The average molecular weight is 441 g/mol. The lowest BCUT2D eigenvalue weighted by atomic mass is 10.3. The quantitative estimate of drug-likeness (QED) is 0.391. The number of thiazole rings is 1. The van der Waals surface area contributed by atoms with Crippen LogP contribution in [0.5, 0.6) is 11.5 Å². The van der Waals surface area contributed by atoms with Crippen molar-refractivity contribution in [1.82, 2.24) is 14.5 Å². The fraction of sp³-hybridized carbons (Fsp3) is 0.227. The Hall–Kier alpha value is -3.46. The Bertz CT molecular complexity index is 1160. The summed E-state index contributed by atoms with van der Waals surface area (Å²) >= 11 is 1.28. The standard InChI is InChI=1S/C22H21FN4O3S/c1-29-17-7-2-3-8-18(17)30-14-20(28)27(12-5-11-26-13-10-24-15-26)22-25-21-16(23)6-4-9-19(21)31-22/h2-4,6-10,13,15H,5,11-12,14H2,1H3. The van der Waals surface area contributed by atoms with Crippen molar-refractivity contribution in [3.05, 3.63) is 67.0 Å². The number of para-hydroxylation sites is 3. The van der Waals surface area contributed by atoms with E-state index in [2.05, 4.69) is 9.97 Å². The third kappa shape index (κ3) is 4.83. The molecule has 0 atom stereocenters. The molecule has 0 aliphatic carbocycles. The summed E-state index contributed by atoms with van der Waals surface area (Å²) in [6.45, 7) is 0.911. The summed E-state index contributed by atoms with van der Waals surface area (Å²) in [5, 5.41) is 0.444. The van der Waals surface area contributed by atoms with Crippen molar-refractivity contribution in [3.8, 4) is 11.5 Å². The van der Waals surface area contributed by atoms with E-state index in [1.807, 2.05) is 22.9 Å². The highest BCUT2D eigenvalue weighted by Crippen LogP contribution is 2.31. The number of hydrogen-bond donors (Lipinski definition) is 0. The summed E-state index contributed by atoms with van der Waals surface area (Å²) in [5.74, 6) is 0.350. The predicted molar refractivity (Wildman–Crippen MR) is 117 cm³/mol. The van der Waals surface area contributed by atoms with Gasteiger partial charge < -0.3 is 14.0 Å². The van der Waals surface area contributed by atoms with Crippen LogP contribution in [0.3, 0.4) is 0 Å². The number of aryl methyl sites for hydroxylation is 1. The van der Waals surface area contributed by atoms with Gasteiger partial charge in [-0.15, -0.1) is 0 Å². The summed E-state index contributed by atoms with van der Waals surface area (Å²) in [6.07, 6.45) is 5.98. The second kappa shape index (κ2) is 9.57. The number of anilines is 1. The van der Waals surface area contributed by atoms with E-state index < -0.39 is 5.82 Å². The molecule has 7 nitrogen and oxygen atoms in total. The van der Waals surface area contributed by atoms with Crippen LogP contribution in [-0.2, 0) is 11.3 Å². The molecule has 31 heavy (non-hydrogen) atoms. The molecule has 0 aliphatic rings. The molecule has 1 amide bonds. The molecule has 0 unspecified atom stereocenters. The monoisotopic (exact) mass is 440 g/mol. The van der Waals surface area contributed by atoms with Gasteiger partial charge in [0.1, 0.15) is 11.3 Å². The number of amides is 1. The normalized spacial score (nSPS) is 10.9. The summed E-state index contributed by atoms with van der Waals surface area (Å²) < 4.78 is 27.8. The first-order valence-corrected chi connectivity index (χ1v) is 10.5. The Morgan fingerprint density at radius 3 is 2.77 bits per heavy atom. The lowest BCUT2D eigenvalue weighted by Gasteiger charge is -2.20. The molecule has 4 rings (SSSR count). The fourth-order valence-electron chi connectivity index (χ4n) is 3.13. The van der Waals surface area contributed by atoms with Gasteiger partial charge in [0.25, 0.3) is 5.91 Å². The third-order valence-corrected chi connectivity index (χ3v) is 5.71. The van der Waals surface area contributed by atoms with Gasteiger partial charge in [-0.2, -0.15) is 0 Å². The van der Waals surface area contributed by atoms with Crippen LogP contribution in [0.2, 0.25) is 0 Å². The largest absolute Gasteiger partial charge is 0.493 e. The molecule has 4 aromatic rings. The van der Waals surface area contributed by atoms with Gasteiger partial charge in [0.05, 0.1) is 18.1 Å². The molecule has 0 bridgehead atoms. The van der Waals surface area contributed by atoms with Crippen LogP contribution in [0.4, 0.5) is 9.52 Å². The van der Waals surface area contributed by atoms with Crippen molar-refractivity contribution in [2.75, 3.05) is 25.2 Å². The van der Waals surface area contributed by atoms with Crippen LogP contribution in [0.15, 0.2) is 61.2 Å². The van der Waals surface area contributed by atoms with Crippen LogP contribution in [0.25, 0.3) is 10.2 Å². The zero-order chi connectivity index (χ0) is 21.6. The molecule has 2 aromatic heterocycles. The minimum atomic E-state index is -0.406. The minimum Gasteiger partial charge on any atom is -0.493 e. The zero-order valence-corrected chi connectivity index (χ0v) is 17.7. The fourth-order valence-corrected chi connectivity index (χ4v) is 4.15. The zero-order valence-electron chi connectivity index (χ0n) is 16.9. The Morgan fingerprint density at radius 2 is 2.03 bits per heavy atom. The first-order chi connectivity index (χ1) is 15.2. The maximum absolute atomic E-state index is 14.1. The predicted octanol–water partition coefficient (Wildman–Crippen LogP) is 4.14. The third-order valence-electron chi connectivity index (χ3n) is 4.67. The smallest absolute Gasteiger partial charge is 0.266 e. The molecule has 2 heterocycles. The number of rotatable bonds is 9. The SMILES string of the molecule is COc1ccccc1OCC(=O)N(CCCn1ccnc1)c1nc2c(F)cccc2s1. The van der Waals surface area contributed by atoms with Crippen molar-refractivity contribution < 1.29 is 18.7 Å². The van der Waals surface area contributed by atoms with Gasteiger partial charge in [-0.05, 0) is 30.7 Å². The van der Waals surface area contributed by atoms with Crippen LogP contribution >= 0.6 is 11.3 Å². The van der Waals surface area contributed by atoms with E-state index in [-0.39, 0.29) is 18.0 Å². The van der Waals surface area contributed by atoms with Gasteiger partial charge in [-0.1, -0.05) is 29.5 Å². The highest BCUT2D eigenvalue weighted by molar-refractivity contribution is 7.22. The number of halogens is 1. The summed E-state index contributed by atoms with van der Waals surface area (Å²) in [6, 6.07) is 11.9. The summed E-state index contributed by atoms with van der Waals surface area (Å²) in [5.41, 5.74) is 0.264. The summed E-state index contributed by atoms with van der Waals surface area (Å²) in [7, 11) is 1.54. The molecule has 0 fully saturated rings. The second-order valence-corrected chi connectivity index (χ2v) is 7.73. The number of benzene rings is 2. The van der Waals surface area contributed by atoms with Crippen LogP contribution in [-0.4, -0.2) is 40.7 Å². The molecule has 0 N–H and O–H groups in total.